The third kappa shape index (κ3) is 1.89. The van der Waals surface area contributed by atoms with Crippen molar-refractivity contribution in [3.8, 4) is 0 Å². The van der Waals surface area contributed by atoms with E-state index >= 15 is 0 Å². The highest BCUT2D eigenvalue weighted by Crippen LogP contribution is 2.38. The molecule has 0 aromatic heterocycles. The lowest BCUT2D eigenvalue weighted by molar-refractivity contribution is -0.120. The van der Waals surface area contributed by atoms with Crippen molar-refractivity contribution in [2.24, 2.45) is 5.92 Å². The molecule has 0 aliphatic heterocycles. The number of halogens is 1. The summed E-state index contributed by atoms with van der Waals surface area (Å²) in [6, 6.07) is 0. The Bertz CT molecular complexity index is 314. The van der Waals surface area contributed by atoms with Crippen molar-refractivity contribution in [2.75, 3.05) is 5.75 Å². The van der Waals surface area contributed by atoms with Crippen molar-refractivity contribution in [1.82, 2.24) is 0 Å². The van der Waals surface area contributed by atoms with E-state index in [1.165, 1.54) is 13.8 Å². The molecule has 1 aliphatic carbocycles. The summed E-state index contributed by atoms with van der Waals surface area (Å²) < 4.78 is 21.2. The Hall–Kier alpha value is -0.0900. The van der Waals surface area contributed by atoms with Gasteiger partial charge in [-0.25, -0.2) is 8.42 Å². The number of alkyl halides is 1. The maximum atomic E-state index is 11.5. The summed E-state index contributed by atoms with van der Waals surface area (Å²) in [5.74, 6) is -0.550. The first-order chi connectivity index (χ1) is 5.83. The van der Waals surface area contributed by atoms with Crippen LogP contribution >= 0.6 is 11.6 Å². The summed E-state index contributed by atoms with van der Waals surface area (Å²) >= 11 is 5.78. The molecule has 1 atom stereocenters. The fourth-order valence-electron chi connectivity index (χ4n) is 1.13. The first-order valence-electron chi connectivity index (χ1n) is 4.28. The highest BCUT2D eigenvalue weighted by atomic mass is 35.5. The van der Waals surface area contributed by atoms with Gasteiger partial charge in [0.2, 0.25) is 4.21 Å². The monoisotopic (exact) mass is 224 g/mol. The maximum absolute atomic E-state index is 11.5. The fraction of sp³-hybridized carbons (Fsp3) is 0.875. The van der Waals surface area contributed by atoms with Crippen LogP contribution in [0.4, 0.5) is 0 Å². The number of carbonyl (C=O) groups is 1. The summed E-state index contributed by atoms with van der Waals surface area (Å²) in [5, 5.41) is 0. The van der Waals surface area contributed by atoms with Crippen LogP contribution in [0.15, 0.2) is 0 Å². The van der Waals surface area contributed by atoms with Gasteiger partial charge < -0.3 is 0 Å². The highest BCUT2D eigenvalue weighted by molar-refractivity contribution is 7.94. The molecular formula is C8H13ClO3S. The molecule has 0 saturated heterocycles. The minimum absolute atomic E-state index is 0.0918. The van der Waals surface area contributed by atoms with Crippen LogP contribution in [-0.2, 0) is 14.6 Å². The van der Waals surface area contributed by atoms with Crippen molar-refractivity contribution in [3.05, 3.63) is 0 Å². The standard InChI is InChI=1S/C8H13ClO3S/c1-3-13(11,12)8(2,9)7(10)6-4-5-6/h6H,3-5H2,1-2H3. The summed E-state index contributed by atoms with van der Waals surface area (Å²) in [7, 11) is -3.49. The fourth-order valence-corrected chi connectivity index (χ4v) is 2.63. The summed E-state index contributed by atoms with van der Waals surface area (Å²) in [5.41, 5.74) is 0. The van der Waals surface area contributed by atoms with Crippen LogP contribution < -0.4 is 0 Å². The van der Waals surface area contributed by atoms with Gasteiger partial charge in [0.15, 0.2) is 15.6 Å². The number of rotatable bonds is 4. The normalized spacial score (nSPS) is 22.4. The van der Waals surface area contributed by atoms with Crippen molar-refractivity contribution in [2.45, 2.75) is 30.9 Å². The second-order valence-corrected chi connectivity index (χ2v) is 7.06. The largest absolute Gasteiger partial charge is 0.296 e. The first-order valence-corrected chi connectivity index (χ1v) is 6.31. The first kappa shape index (κ1) is 11.0. The Kier molecular flexibility index (Phi) is 2.74. The average molecular weight is 225 g/mol. The number of hydrogen-bond acceptors (Lipinski definition) is 3. The lowest BCUT2D eigenvalue weighted by Crippen LogP contribution is -2.40. The molecular weight excluding hydrogens is 212 g/mol. The molecule has 0 spiro atoms. The third-order valence-corrected chi connectivity index (χ3v) is 5.37. The van der Waals surface area contributed by atoms with Gasteiger partial charge in [0.05, 0.1) is 0 Å². The third-order valence-electron chi connectivity index (χ3n) is 2.35. The predicted octanol–water partition coefficient (Wildman–Crippen LogP) is 1.36. The highest BCUT2D eigenvalue weighted by Gasteiger charge is 2.49. The SMILES string of the molecule is CCS(=O)(=O)C(C)(Cl)C(=O)C1CC1. The van der Waals surface area contributed by atoms with E-state index in [4.69, 9.17) is 11.6 Å². The molecule has 0 radical (unpaired) electrons. The Labute approximate surface area is 83.4 Å². The van der Waals surface area contributed by atoms with Crippen LogP contribution in [0.3, 0.4) is 0 Å². The van der Waals surface area contributed by atoms with Crippen LogP contribution in [0.25, 0.3) is 0 Å². The minimum atomic E-state index is -3.49. The van der Waals surface area contributed by atoms with Crippen LogP contribution in [0.1, 0.15) is 26.7 Å². The predicted molar refractivity (Wildman–Crippen MR) is 51.4 cm³/mol. The van der Waals surface area contributed by atoms with E-state index in [2.05, 4.69) is 0 Å². The van der Waals surface area contributed by atoms with Crippen molar-refractivity contribution in [3.63, 3.8) is 0 Å². The van der Waals surface area contributed by atoms with E-state index in [9.17, 15) is 13.2 Å². The molecule has 13 heavy (non-hydrogen) atoms. The van der Waals surface area contributed by atoms with Crippen LogP contribution in [0.5, 0.6) is 0 Å². The van der Waals surface area contributed by atoms with E-state index < -0.39 is 14.0 Å². The Morgan fingerprint density at radius 3 is 2.31 bits per heavy atom. The minimum Gasteiger partial charge on any atom is -0.296 e. The quantitative estimate of drug-likeness (QED) is 0.678. The Balaban J connectivity index is 2.92. The molecule has 1 saturated carbocycles. The summed E-state index contributed by atoms with van der Waals surface area (Å²) in [4.78, 5) is 11.5. The summed E-state index contributed by atoms with van der Waals surface area (Å²) in [6.45, 7) is 2.78. The number of ketones is 1. The van der Waals surface area contributed by atoms with E-state index in [0.717, 1.165) is 12.8 Å². The molecule has 1 aliphatic rings. The molecule has 0 heterocycles. The molecule has 0 N–H and O–H groups in total. The van der Waals surface area contributed by atoms with Gasteiger partial charge in [-0.15, -0.1) is 0 Å². The topological polar surface area (TPSA) is 51.2 Å². The molecule has 1 rings (SSSR count). The zero-order chi connectivity index (χ0) is 10.3. The van der Waals surface area contributed by atoms with Crippen molar-refractivity contribution in [1.29, 1.82) is 0 Å². The molecule has 1 unspecified atom stereocenters. The average Bonchev–Trinajstić information content (AvgIpc) is 2.85. The number of carbonyl (C=O) groups excluding carboxylic acids is 1. The zero-order valence-electron chi connectivity index (χ0n) is 7.71. The van der Waals surface area contributed by atoms with Gasteiger partial charge >= 0.3 is 0 Å². The van der Waals surface area contributed by atoms with E-state index in [1.54, 1.807) is 0 Å². The lowest BCUT2D eigenvalue weighted by atomic mass is 10.2. The second kappa shape index (κ2) is 3.24. The molecule has 5 heteroatoms. The van der Waals surface area contributed by atoms with E-state index in [-0.39, 0.29) is 17.5 Å². The van der Waals surface area contributed by atoms with Crippen molar-refractivity contribution >= 4 is 27.2 Å². The molecule has 0 aromatic rings. The van der Waals surface area contributed by atoms with Gasteiger partial charge in [-0.1, -0.05) is 18.5 Å². The number of sulfone groups is 1. The Morgan fingerprint density at radius 2 is 2.00 bits per heavy atom. The summed E-state index contributed by atoms with van der Waals surface area (Å²) in [6.07, 6.45) is 1.56. The maximum Gasteiger partial charge on any atom is 0.200 e. The van der Waals surface area contributed by atoms with Gasteiger partial charge in [0, 0.05) is 11.7 Å². The van der Waals surface area contributed by atoms with Gasteiger partial charge in [0.1, 0.15) is 0 Å². The molecule has 0 amide bonds. The molecule has 3 nitrogen and oxygen atoms in total. The van der Waals surface area contributed by atoms with E-state index in [1.807, 2.05) is 0 Å². The number of hydrogen-bond donors (Lipinski definition) is 0. The van der Waals surface area contributed by atoms with Crippen molar-refractivity contribution < 1.29 is 13.2 Å². The van der Waals surface area contributed by atoms with Gasteiger partial charge in [0.25, 0.3) is 0 Å². The molecule has 1 fully saturated rings. The second-order valence-electron chi connectivity index (χ2n) is 3.46. The van der Waals surface area contributed by atoms with Crippen LogP contribution in [0, 0.1) is 5.92 Å². The smallest absolute Gasteiger partial charge is 0.200 e. The zero-order valence-corrected chi connectivity index (χ0v) is 9.28. The lowest BCUT2D eigenvalue weighted by Gasteiger charge is -2.19. The van der Waals surface area contributed by atoms with Crippen LogP contribution in [0.2, 0.25) is 0 Å². The Morgan fingerprint density at radius 1 is 1.54 bits per heavy atom. The molecule has 76 valence electrons. The molecule has 0 aromatic carbocycles. The van der Waals surface area contributed by atoms with Gasteiger partial charge in [-0.3, -0.25) is 4.79 Å². The number of Topliss-reactive ketones (excluding diaryl/α,β-unsaturated/α-hetero) is 1. The van der Waals surface area contributed by atoms with Gasteiger partial charge in [-0.2, -0.15) is 0 Å². The van der Waals surface area contributed by atoms with Gasteiger partial charge in [-0.05, 0) is 19.8 Å². The van der Waals surface area contributed by atoms with Crippen LogP contribution in [-0.4, -0.2) is 24.2 Å². The molecule has 0 bridgehead atoms. The van der Waals surface area contributed by atoms with E-state index in [0.29, 0.717) is 0 Å².